The quantitative estimate of drug-likeness (QED) is 0.745. The molecule has 0 aromatic heterocycles. The minimum Gasteiger partial charge on any atom is -0.335 e. The van der Waals surface area contributed by atoms with Gasteiger partial charge in [-0.2, -0.15) is 0 Å². The van der Waals surface area contributed by atoms with Gasteiger partial charge in [-0.25, -0.2) is 13.1 Å². The van der Waals surface area contributed by atoms with Gasteiger partial charge in [-0.1, -0.05) is 15.9 Å². The molecule has 0 amide bonds. The molecule has 1 aliphatic rings. The molecule has 1 saturated heterocycles. The highest BCUT2D eigenvalue weighted by molar-refractivity contribution is 9.10. The molecule has 0 saturated carbocycles. The summed E-state index contributed by atoms with van der Waals surface area (Å²) in [5.74, 6) is 0. The van der Waals surface area contributed by atoms with Crippen LogP contribution in [-0.4, -0.2) is 34.6 Å². The van der Waals surface area contributed by atoms with E-state index < -0.39 is 10.0 Å². The van der Waals surface area contributed by atoms with E-state index in [-0.39, 0.29) is 0 Å². The van der Waals surface area contributed by atoms with Crippen molar-refractivity contribution in [3.05, 3.63) is 28.2 Å². The number of sulfonamides is 1. The average Bonchev–Trinajstić information content (AvgIpc) is 2.91. The van der Waals surface area contributed by atoms with E-state index in [4.69, 9.17) is 0 Å². The van der Waals surface area contributed by atoms with Crippen LogP contribution in [0.1, 0.15) is 24.8 Å². The zero-order valence-corrected chi connectivity index (χ0v) is 14.2. The molecule has 1 aliphatic heterocycles. The first-order valence-electron chi connectivity index (χ1n) is 7.08. The van der Waals surface area contributed by atoms with Gasteiger partial charge in [0.05, 0.1) is 24.5 Å². The average molecular weight is 362 g/mol. The molecule has 1 aromatic rings. The summed E-state index contributed by atoms with van der Waals surface area (Å²) >= 11 is 3.38. The number of likely N-dealkylation sites (tertiary alicyclic amines) is 1. The second kappa shape index (κ2) is 7.02. The molecule has 0 atom stereocenters. The van der Waals surface area contributed by atoms with Gasteiger partial charge in [0.1, 0.15) is 0 Å². The minimum atomic E-state index is -3.38. The van der Waals surface area contributed by atoms with Gasteiger partial charge in [-0.05, 0) is 30.7 Å². The van der Waals surface area contributed by atoms with Crippen molar-refractivity contribution in [1.82, 2.24) is 4.72 Å². The van der Waals surface area contributed by atoms with Crippen LogP contribution < -0.4 is 9.62 Å². The summed E-state index contributed by atoms with van der Waals surface area (Å²) in [6.45, 7) is 5.93. The fraction of sp³-hybridized carbons (Fsp3) is 0.571. The summed E-state index contributed by atoms with van der Waals surface area (Å²) in [5.41, 5.74) is 0.925. The Morgan fingerprint density at radius 3 is 2.65 bits per heavy atom. The maximum atomic E-state index is 12.2. The van der Waals surface area contributed by atoms with Crippen LogP contribution in [0.5, 0.6) is 0 Å². The van der Waals surface area contributed by atoms with Gasteiger partial charge < -0.3 is 4.90 Å². The Hall–Kier alpha value is -0.430. The highest BCUT2D eigenvalue weighted by atomic mass is 79.9. The number of halogens is 1. The molecule has 1 fully saturated rings. The van der Waals surface area contributed by atoms with Crippen LogP contribution in [-0.2, 0) is 10.0 Å². The predicted molar refractivity (Wildman–Crippen MR) is 83.5 cm³/mol. The molecular weight excluding hydrogens is 340 g/mol. The van der Waals surface area contributed by atoms with Gasteiger partial charge in [-0.15, -0.1) is 0 Å². The van der Waals surface area contributed by atoms with E-state index in [1.54, 1.807) is 23.1 Å². The van der Waals surface area contributed by atoms with Gasteiger partial charge in [0.25, 0.3) is 0 Å². The smallest absolute Gasteiger partial charge is 0.240 e. The van der Waals surface area contributed by atoms with Gasteiger partial charge in [-0.3, -0.25) is 0 Å². The molecule has 2 rings (SSSR count). The van der Waals surface area contributed by atoms with E-state index in [9.17, 15) is 8.42 Å². The SMILES string of the molecule is Cc1cc(S(=O)(=O)NCCC[NH+]2CCCC2)ccc1Br. The lowest BCUT2D eigenvalue weighted by atomic mass is 10.2. The van der Waals surface area contributed by atoms with E-state index in [0.29, 0.717) is 11.4 Å². The number of hydrogen-bond acceptors (Lipinski definition) is 2. The van der Waals surface area contributed by atoms with Crippen LogP contribution in [0.2, 0.25) is 0 Å². The van der Waals surface area contributed by atoms with Crippen molar-refractivity contribution in [2.45, 2.75) is 31.1 Å². The van der Waals surface area contributed by atoms with Crippen molar-refractivity contribution < 1.29 is 13.3 Å². The third-order valence-corrected chi connectivity index (χ3v) is 6.10. The Morgan fingerprint density at radius 2 is 2.00 bits per heavy atom. The molecule has 0 unspecified atom stereocenters. The summed E-state index contributed by atoms with van der Waals surface area (Å²) in [5, 5.41) is 0. The van der Waals surface area contributed by atoms with Crippen LogP contribution in [0.4, 0.5) is 0 Å². The Morgan fingerprint density at radius 1 is 1.30 bits per heavy atom. The number of aryl methyl sites for hydroxylation is 1. The molecule has 0 aliphatic carbocycles. The summed E-state index contributed by atoms with van der Waals surface area (Å²) < 4.78 is 27.9. The maximum absolute atomic E-state index is 12.2. The Bertz CT molecular complexity index is 554. The van der Waals surface area contributed by atoms with Crippen molar-refractivity contribution in [2.24, 2.45) is 0 Å². The predicted octanol–water partition coefficient (Wildman–Crippen LogP) is 1.10. The molecule has 0 radical (unpaired) electrons. The fourth-order valence-corrected chi connectivity index (χ4v) is 3.94. The maximum Gasteiger partial charge on any atom is 0.240 e. The van der Waals surface area contributed by atoms with E-state index in [1.165, 1.54) is 25.9 Å². The summed E-state index contributed by atoms with van der Waals surface area (Å²) in [6, 6.07) is 5.10. The number of quaternary nitrogens is 1. The normalized spacial score (nSPS) is 16.7. The number of rotatable bonds is 6. The summed E-state index contributed by atoms with van der Waals surface area (Å²) in [4.78, 5) is 1.94. The van der Waals surface area contributed by atoms with Crippen molar-refractivity contribution in [3.8, 4) is 0 Å². The fourth-order valence-electron chi connectivity index (χ4n) is 2.54. The summed E-state index contributed by atoms with van der Waals surface area (Å²) in [6.07, 6.45) is 3.50. The molecule has 2 N–H and O–H groups in total. The lowest BCUT2D eigenvalue weighted by molar-refractivity contribution is -0.887. The van der Waals surface area contributed by atoms with Crippen molar-refractivity contribution in [2.75, 3.05) is 26.2 Å². The molecule has 112 valence electrons. The van der Waals surface area contributed by atoms with Gasteiger partial charge in [0.2, 0.25) is 10.0 Å². The van der Waals surface area contributed by atoms with E-state index >= 15 is 0 Å². The molecule has 6 heteroatoms. The van der Waals surface area contributed by atoms with Gasteiger partial charge >= 0.3 is 0 Å². The number of hydrogen-bond donors (Lipinski definition) is 2. The number of nitrogens with one attached hydrogen (secondary N) is 2. The van der Waals surface area contributed by atoms with Crippen LogP contribution >= 0.6 is 15.9 Å². The first-order chi connectivity index (χ1) is 9.49. The third kappa shape index (κ3) is 4.28. The van der Waals surface area contributed by atoms with E-state index in [2.05, 4.69) is 20.7 Å². The van der Waals surface area contributed by atoms with E-state index in [1.807, 2.05) is 6.92 Å². The van der Waals surface area contributed by atoms with Crippen molar-refractivity contribution in [3.63, 3.8) is 0 Å². The van der Waals surface area contributed by atoms with Crippen LogP contribution in [0, 0.1) is 6.92 Å². The highest BCUT2D eigenvalue weighted by Gasteiger charge is 2.17. The molecular formula is C14H22BrN2O2S+. The van der Waals surface area contributed by atoms with Crippen LogP contribution in [0.25, 0.3) is 0 Å². The second-order valence-corrected chi connectivity index (χ2v) is 7.99. The number of benzene rings is 1. The minimum absolute atomic E-state index is 0.340. The van der Waals surface area contributed by atoms with Gasteiger partial charge in [0.15, 0.2) is 0 Å². The van der Waals surface area contributed by atoms with Crippen molar-refractivity contribution in [1.29, 1.82) is 0 Å². The molecule has 1 heterocycles. The Labute approximate surface area is 129 Å². The first kappa shape index (κ1) is 15.9. The third-order valence-electron chi connectivity index (χ3n) is 3.75. The molecule has 0 spiro atoms. The second-order valence-electron chi connectivity index (χ2n) is 5.37. The zero-order valence-electron chi connectivity index (χ0n) is 11.8. The standard InChI is InChI=1S/C14H21BrN2O2S/c1-12-11-13(5-6-14(12)15)20(18,19)16-7-4-10-17-8-2-3-9-17/h5-6,11,16H,2-4,7-10H2,1H3/p+1. The molecule has 1 aromatic carbocycles. The van der Waals surface area contributed by atoms with Crippen LogP contribution in [0.3, 0.4) is 0 Å². The van der Waals surface area contributed by atoms with Crippen LogP contribution in [0.15, 0.2) is 27.6 Å². The largest absolute Gasteiger partial charge is 0.335 e. The topological polar surface area (TPSA) is 50.6 Å². The molecule has 4 nitrogen and oxygen atoms in total. The molecule has 20 heavy (non-hydrogen) atoms. The monoisotopic (exact) mass is 361 g/mol. The summed E-state index contributed by atoms with van der Waals surface area (Å²) in [7, 11) is -3.38. The van der Waals surface area contributed by atoms with Crippen molar-refractivity contribution >= 4 is 26.0 Å². The zero-order chi connectivity index (χ0) is 14.6. The Kier molecular flexibility index (Phi) is 5.60. The first-order valence-corrected chi connectivity index (χ1v) is 9.36. The molecule has 0 bridgehead atoms. The van der Waals surface area contributed by atoms with E-state index in [0.717, 1.165) is 23.0 Å². The lowest BCUT2D eigenvalue weighted by Gasteiger charge is -2.12. The highest BCUT2D eigenvalue weighted by Crippen LogP contribution is 2.19. The Balaban J connectivity index is 1.85. The lowest BCUT2D eigenvalue weighted by Crippen LogP contribution is -3.10. The van der Waals surface area contributed by atoms with Gasteiger partial charge in [0, 0.05) is 30.3 Å².